The number of rotatable bonds is 7. The largest absolute Gasteiger partial charge is 0.394 e. The third-order valence-corrected chi connectivity index (χ3v) is 6.60. The minimum atomic E-state index is -1.24. The van der Waals surface area contributed by atoms with Crippen LogP contribution in [0.4, 0.5) is 5.82 Å². The van der Waals surface area contributed by atoms with Crippen molar-refractivity contribution >= 4 is 40.2 Å². The van der Waals surface area contributed by atoms with E-state index in [0.717, 1.165) is 11.1 Å². The lowest BCUT2D eigenvalue weighted by Gasteiger charge is -2.20. The van der Waals surface area contributed by atoms with Crippen molar-refractivity contribution in [3.8, 4) is 0 Å². The van der Waals surface area contributed by atoms with Crippen molar-refractivity contribution in [2.45, 2.75) is 30.5 Å². The van der Waals surface area contributed by atoms with Crippen molar-refractivity contribution in [2.24, 2.45) is 0 Å². The van der Waals surface area contributed by atoms with Crippen molar-refractivity contribution in [3.05, 3.63) is 82.4 Å². The molecule has 0 saturated carbocycles. The Hall–Kier alpha value is -2.79. The minimum Gasteiger partial charge on any atom is -0.394 e. The Kier molecular flexibility index (Phi) is 6.88. The molecule has 4 N–H and O–H groups in total. The fourth-order valence-electron chi connectivity index (χ4n) is 4.35. The van der Waals surface area contributed by atoms with Crippen molar-refractivity contribution in [2.75, 3.05) is 18.5 Å². The molecule has 35 heavy (non-hydrogen) atoms. The van der Waals surface area contributed by atoms with Crippen LogP contribution in [0.5, 0.6) is 0 Å². The minimum absolute atomic E-state index is 0.0834. The van der Waals surface area contributed by atoms with Crippen molar-refractivity contribution < 1.29 is 20.1 Å². The van der Waals surface area contributed by atoms with Gasteiger partial charge < -0.3 is 25.4 Å². The summed E-state index contributed by atoms with van der Waals surface area (Å²) in [6.45, 7) is 0.0467. The summed E-state index contributed by atoms with van der Waals surface area (Å²) in [6.07, 6.45) is -1.46. The third-order valence-electron chi connectivity index (χ3n) is 6.13. The number of fused-ring (bicyclic) bond motifs is 1. The molecular weight excluding hydrogens is 493 g/mol. The van der Waals surface area contributed by atoms with Crippen molar-refractivity contribution in [1.29, 1.82) is 0 Å². The topological polar surface area (TPSA) is 126 Å². The van der Waals surface area contributed by atoms with E-state index < -0.39 is 31.1 Å². The summed E-state index contributed by atoms with van der Waals surface area (Å²) in [5, 5.41) is 34.6. The summed E-state index contributed by atoms with van der Waals surface area (Å²) >= 11 is 12.5. The zero-order chi connectivity index (χ0) is 24.5. The molecule has 1 aliphatic heterocycles. The third kappa shape index (κ3) is 4.71. The smallest absolute Gasteiger partial charge is 0.167 e. The molecule has 182 valence electrons. The number of aliphatic hydroxyl groups excluding tert-OH is 3. The molecule has 1 saturated heterocycles. The van der Waals surface area contributed by atoms with E-state index >= 15 is 0 Å². The second-order valence-corrected chi connectivity index (χ2v) is 9.19. The molecule has 2 aromatic heterocycles. The summed E-state index contributed by atoms with van der Waals surface area (Å²) < 4.78 is 7.16. The van der Waals surface area contributed by atoms with Crippen molar-refractivity contribution in [1.82, 2.24) is 19.5 Å². The number of halogens is 2. The summed E-state index contributed by atoms with van der Waals surface area (Å²) in [5.41, 5.74) is 2.91. The van der Waals surface area contributed by atoms with Gasteiger partial charge in [-0.2, -0.15) is 0 Å². The maximum absolute atomic E-state index is 10.4. The SMILES string of the molecule is OCC1OC(n2cnc3c(NCC(c4cccc(Cl)c4)c4cccc(Cl)c4)ncnc32)C(O)C1O. The number of ether oxygens (including phenoxy) is 1. The number of imidazole rings is 1. The van der Waals surface area contributed by atoms with Gasteiger partial charge in [0.2, 0.25) is 0 Å². The Morgan fingerprint density at radius 3 is 2.26 bits per heavy atom. The van der Waals surface area contributed by atoms with E-state index in [2.05, 4.69) is 20.3 Å². The number of anilines is 1. The first kappa shape index (κ1) is 23.9. The van der Waals surface area contributed by atoms with E-state index in [4.69, 9.17) is 27.9 Å². The molecule has 4 atom stereocenters. The van der Waals surface area contributed by atoms with Gasteiger partial charge in [0.15, 0.2) is 23.2 Å². The lowest BCUT2D eigenvalue weighted by atomic mass is 9.91. The first-order chi connectivity index (χ1) is 17.0. The Morgan fingerprint density at radius 1 is 0.971 bits per heavy atom. The van der Waals surface area contributed by atoms with Gasteiger partial charge in [0.1, 0.15) is 24.6 Å². The fraction of sp³-hybridized carbons (Fsp3) is 0.292. The Morgan fingerprint density at radius 2 is 1.66 bits per heavy atom. The second-order valence-electron chi connectivity index (χ2n) is 8.32. The molecule has 2 aromatic carbocycles. The number of nitrogens with zero attached hydrogens (tertiary/aromatic N) is 4. The predicted octanol–water partition coefficient (Wildman–Crippen LogP) is 2.99. The number of benzene rings is 2. The van der Waals surface area contributed by atoms with Gasteiger partial charge in [0.25, 0.3) is 0 Å². The average Bonchev–Trinajstić information content (AvgIpc) is 3.40. The lowest BCUT2D eigenvalue weighted by molar-refractivity contribution is -0.0511. The van der Waals surface area contributed by atoms with Gasteiger partial charge in [-0.3, -0.25) is 4.57 Å². The molecular formula is C24H23Cl2N5O4. The van der Waals surface area contributed by atoms with Gasteiger partial charge >= 0.3 is 0 Å². The molecule has 3 heterocycles. The van der Waals surface area contributed by atoms with Crippen LogP contribution in [0.3, 0.4) is 0 Å². The maximum Gasteiger partial charge on any atom is 0.167 e. The highest BCUT2D eigenvalue weighted by Gasteiger charge is 2.44. The molecule has 0 aliphatic carbocycles. The van der Waals surface area contributed by atoms with Crippen LogP contribution in [-0.4, -0.2) is 66.3 Å². The van der Waals surface area contributed by atoms with Gasteiger partial charge in [-0.05, 0) is 35.4 Å². The highest BCUT2D eigenvalue weighted by atomic mass is 35.5. The van der Waals surface area contributed by atoms with Crippen LogP contribution >= 0.6 is 23.2 Å². The Bertz CT molecular complexity index is 1290. The lowest BCUT2D eigenvalue weighted by Crippen LogP contribution is -2.33. The van der Waals surface area contributed by atoms with Crippen LogP contribution in [0, 0.1) is 0 Å². The highest BCUT2D eigenvalue weighted by molar-refractivity contribution is 6.31. The first-order valence-corrected chi connectivity index (χ1v) is 11.8. The number of hydrogen-bond acceptors (Lipinski definition) is 8. The quantitative estimate of drug-likeness (QED) is 0.296. The van der Waals surface area contributed by atoms with Crippen LogP contribution < -0.4 is 5.32 Å². The Labute approximate surface area is 211 Å². The van der Waals surface area contributed by atoms with Gasteiger partial charge in [-0.1, -0.05) is 47.5 Å². The van der Waals surface area contributed by atoms with Crippen LogP contribution in [0.15, 0.2) is 61.2 Å². The number of nitrogens with one attached hydrogen (secondary N) is 1. The van der Waals surface area contributed by atoms with Crippen LogP contribution in [0.25, 0.3) is 11.2 Å². The highest BCUT2D eigenvalue weighted by Crippen LogP contribution is 2.33. The monoisotopic (exact) mass is 515 g/mol. The van der Waals surface area contributed by atoms with E-state index in [-0.39, 0.29) is 5.92 Å². The summed E-state index contributed by atoms with van der Waals surface area (Å²) in [7, 11) is 0. The summed E-state index contributed by atoms with van der Waals surface area (Å²) in [4.78, 5) is 13.1. The maximum atomic E-state index is 10.4. The van der Waals surface area contributed by atoms with E-state index in [1.54, 1.807) is 0 Å². The molecule has 11 heteroatoms. The molecule has 4 unspecified atom stereocenters. The summed E-state index contributed by atoms with van der Waals surface area (Å²) in [6, 6.07) is 15.3. The second kappa shape index (κ2) is 10.1. The van der Waals surface area contributed by atoms with Gasteiger partial charge in [0, 0.05) is 22.5 Å². The van der Waals surface area contributed by atoms with Crippen LogP contribution in [0.2, 0.25) is 10.0 Å². The molecule has 1 fully saturated rings. The van der Waals surface area contributed by atoms with Gasteiger partial charge in [-0.15, -0.1) is 0 Å². The van der Waals surface area contributed by atoms with Crippen molar-refractivity contribution in [3.63, 3.8) is 0 Å². The normalized spacial score (nSPS) is 22.2. The molecule has 0 spiro atoms. The van der Waals surface area contributed by atoms with Crippen LogP contribution in [-0.2, 0) is 4.74 Å². The zero-order valence-electron chi connectivity index (χ0n) is 18.4. The average molecular weight is 516 g/mol. The number of hydrogen-bond donors (Lipinski definition) is 4. The van der Waals surface area contributed by atoms with Gasteiger partial charge in [0.05, 0.1) is 12.9 Å². The van der Waals surface area contributed by atoms with E-state index in [1.165, 1.54) is 17.2 Å². The van der Waals surface area contributed by atoms with E-state index in [1.807, 2.05) is 48.5 Å². The predicted molar refractivity (Wildman–Crippen MR) is 132 cm³/mol. The molecule has 4 aromatic rings. The molecule has 0 bridgehead atoms. The Balaban J connectivity index is 1.45. The standard InChI is InChI=1S/C24H23Cl2N5O4/c25-15-5-1-3-13(7-15)17(14-4-2-6-16(26)8-14)9-27-22-19-23(29-11-28-22)31(12-30-19)24-21(34)20(33)18(10-32)35-24/h1-8,11-12,17-18,20-21,24,32-34H,9-10H2,(H,27,28,29). The first-order valence-electron chi connectivity index (χ1n) is 11.0. The molecule has 0 radical (unpaired) electrons. The van der Waals surface area contributed by atoms with Crippen LogP contribution in [0.1, 0.15) is 23.3 Å². The number of aromatic nitrogens is 4. The molecule has 9 nitrogen and oxygen atoms in total. The zero-order valence-corrected chi connectivity index (χ0v) is 19.9. The fourth-order valence-corrected chi connectivity index (χ4v) is 4.75. The van der Waals surface area contributed by atoms with Gasteiger partial charge in [-0.25, -0.2) is 15.0 Å². The van der Waals surface area contributed by atoms with E-state index in [9.17, 15) is 15.3 Å². The molecule has 0 amide bonds. The van der Waals surface area contributed by atoms with E-state index in [0.29, 0.717) is 33.6 Å². The molecule has 1 aliphatic rings. The molecule has 5 rings (SSSR count). The summed E-state index contributed by atoms with van der Waals surface area (Å²) in [5.74, 6) is 0.412. The number of aliphatic hydroxyl groups is 3.